The first-order valence-corrected chi connectivity index (χ1v) is 6.67. The molecule has 0 saturated heterocycles. The topological polar surface area (TPSA) is 46.2 Å². The monoisotopic (exact) mass is 271 g/mol. The van der Waals surface area contributed by atoms with E-state index in [2.05, 4.69) is 5.32 Å². The van der Waals surface area contributed by atoms with Crippen LogP contribution in [-0.2, 0) is 4.79 Å². The van der Waals surface area contributed by atoms with Gasteiger partial charge in [0.2, 0.25) is 5.91 Å². The first kappa shape index (κ1) is 13.2. The maximum absolute atomic E-state index is 11.8. The van der Waals surface area contributed by atoms with Crippen LogP contribution >= 0.6 is 11.3 Å². The van der Waals surface area contributed by atoms with E-state index in [0.29, 0.717) is 11.3 Å². The predicted octanol–water partition coefficient (Wildman–Crippen LogP) is 3.60. The molecule has 96 valence electrons. The first-order chi connectivity index (χ1) is 9.16. The van der Waals surface area contributed by atoms with Crippen LogP contribution in [0.2, 0.25) is 0 Å². The molecule has 3 nitrogen and oxygen atoms in total. The Morgan fingerprint density at radius 1 is 1.16 bits per heavy atom. The van der Waals surface area contributed by atoms with Crippen LogP contribution in [0.15, 0.2) is 47.9 Å². The Balaban J connectivity index is 2.09. The minimum absolute atomic E-state index is 0.0712. The summed E-state index contributed by atoms with van der Waals surface area (Å²) in [7, 11) is 0. The predicted molar refractivity (Wildman–Crippen MR) is 78.4 cm³/mol. The third-order valence-corrected chi connectivity index (χ3v) is 3.34. The Morgan fingerprint density at radius 3 is 2.63 bits per heavy atom. The average Bonchev–Trinajstić information content (AvgIpc) is 2.90. The fourth-order valence-corrected chi connectivity index (χ4v) is 2.24. The number of rotatable bonds is 4. The number of carbonyl (C=O) groups excluding carboxylic acids is 2. The van der Waals surface area contributed by atoms with Crippen molar-refractivity contribution in [3.05, 3.63) is 58.3 Å². The largest absolute Gasteiger partial charge is 0.322 e. The number of hydrogen-bond acceptors (Lipinski definition) is 3. The highest BCUT2D eigenvalue weighted by atomic mass is 32.1. The summed E-state index contributed by atoms with van der Waals surface area (Å²) < 4.78 is 0. The van der Waals surface area contributed by atoms with Crippen molar-refractivity contribution in [2.75, 3.05) is 5.32 Å². The highest BCUT2D eigenvalue weighted by Gasteiger charge is 2.07. The van der Waals surface area contributed by atoms with Crippen LogP contribution in [0.5, 0.6) is 0 Å². The lowest BCUT2D eigenvalue weighted by Crippen LogP contribution is -2.11. The molecular formula is C15H13NO2S. The third kappa shape index (κ3) is 3.63. The maximum Gasteiger partial charge on any atom is 0.248 e. The van der Waals surface area contributed by atoms with Gasteiger partial charge < -0.3 is 5.32 Å². The fourth-order valence-electron chi connectivity index (χ4n) is 1.62. The van der Waals surface area contributed by atoms with Crippen molar-refractivity contribution in [3.8, 4) is 0 Å². The van der Waals surface area contributed by atoms with Crippen molar-refractivity contribution < 1.29 is 9.59 Å². The lowest BCUT2D eigenvalue weighted by Gasteiger charge is -2.06. The van der Waals surface area contributed by atoms with Gasteiger partial charge in [-0.1, -0.05) is 18.2 Å². The second-order valence-corrected chi connectivity index (χ2v) is 4.92. The molecule has 0 bridgehead atoms. The van der Waals surface area contributed by atoms with Crippen LogP contribution in [-0.4, -0.2) is 11.7 Å². The maximum atomic E-state index is 11.8. The Labute approximate surface area is 115 Å². The van der Waals surface area contributed by atoms with E-state index in [1.807, 2.05) is 17.5 Å². The van der Waals surface area contributed by atoms with E-state index in [9.17, 15) is 9.59 Å². The molecule has 0 fully saturated rings. The molecule has 2 aromatic rings. The smallest absolute Gasteiger partial charge is 0.248 e. The van der Waals surface area contributed by atoms with E-state index >= 15 is 0 Å². The molecular weight excluding hydrogens is 258 g/mol. The van der Waals surface area contributed by atoms with Crippen LogP contribution in [0.1, 0.15) is 22.2 Å². The summed E-state index contributed by atoms with van der Waals surface area (Å²) in [6.07, 6.45) is 3.21. The Morgan fingerprint density at radius 2 is 1.95 bits per heavy atom. The fraction of sp³-hybridized carbons (Fsp3) is 0.0667. The molecule has 4 heteroatoms. The molecule has 0 atom stereocenters. The first-order valence-electron chi connectivity index (χ1n) is 5.79. The Kier molecular flexibility index (Phi) is 4.26. The van der Waals surface area contributed by atoms with Gasteiger partial charge in [-0.2, -0.15) is 0 Å². The number of Topliss-reactive ketones (excluding diaryl/α,β-unsaturated/α-hetero) is 1. The standard InChI is InChI=1S/C15H13NO2S/c1-11(17)13-6-2-3-7-14(13)16-15(18)9-8-12-5-4-10-19-12/h2-10H,1H3,(H,16,18). The summed E-state index contributed by atoms with van der Waals surface area (Å²) in [6, 6.07) is 10.8. The van der Waals surface area contributed by atoms with Crippen molar-refractivity contribution in [2.24, 2.45) is 0 Å². The van der Waals surface area contributed by atoms with Gasteiger partial charge >= 0.3 is 0 Å². The molecule has 0 saturated carbocycles. The van der Waals surface area contributed by atoms with Gasteiger partial charge in [0.1, 0.15) is 0 Å². The molecule has 1 heterocycles. The molecule has 2 rings (SSSR count). The lowest BCUT2D eigenvalue weighted by atomic mass is 10.1. The summed E-state index contributed by atoms with van der Waals surface area (Å²) in [5, 5.41) is 4.66. The summed E-state index contributed by atoms with van der Waals surface area (Å²) in [5.74, 6) is -0.319. The summed E-state index contributed by atoms with van der Waals surface area (Å²) in [6.45, 7) is 1.48. The van der Waals surface area contributed by atoms with Crippen LogP contribution < -0.4 is 5.32 Å². The number of nitrogens with one attached hydrogen (secondary N) is 1. The van der Waals surface area contributed by atoms with Gasteiger partial charge in [-0.15, -0.1) is 11.3 Å². The van der Waals surface area contributed by atoms with E-state index in [1.165, 1.54) is 13.0 Å². The van der Waals surface area contributed by atoms with Gasteiger partial charge in [-0.05, 0) is 36.6 Å². The van der Waals surface area contributed by atoms with Crippen molar-refractivity contribution in [3.63, 3.8) is 0 Å². The minimum atomic E-state index is -0.248. The van der Waals surface area contributed by atoms with Crippen molar-refractivity contribution in [1.29, 1.82) is 0 Å². The van der Waals surface area contributed by atoms with Gasteiger partial charge in [0.05, 0.1) is 5.69 Å². The van der Waals surface area contributed by atoms with Crippen molar-refractivity contribution in [2.45, 2.75) is 6.92 Å². The van der Waals surface area contributed by atoms with Crippen LogP contribution in [0.4, 0.5) is 5.69 Å². The van der Waals surface area contributed by atoms with E-state index in [0.717, 1.165) is 4.88 Å². The SMILES string of the molecule is CC(=O)c1ccccc1NC(=O)C=Cc1cccs1. The number of para-hydroxylation sites is 1. The zero-order chi connectivity index (χ0) is 13.7. The molecule has 1 N–H and O–H groups in total. The summed E-state index contributed by atoms with van der Waals surface area (Å²) in [4.78, 5) is 24.2. The van der Waals surface area contributed by atoms with Gasteiger partial charge in [0.15, 0.2) is 5.78 Å². The van der Waals surface area contributed by atoms with Crippen LogP contribution in [0.3, 0.4) is 0 Å². The molecule has 0 aliphatic carbocycles. The van der Waals surface area contributed by atoms with Gasteiger partial charge in [-0.3, -0.25) is 9.59 Å². The van der Waals surface area contributed by atoms with E-state index in [4.69, 9.17) is 0 Å². The highest BCUT2D eigenvalue weighted by Crippen LogP contribution is 2.16. The number of carbonyl (C=O) groups is 2. The van der Waals surface area contributed by atoms with E-state index in [-0.39, 0.29) is 11.7 Å². The zero-order valence-corrected chi connectivity index (χ0v) is 11.2. The number of hydrogen-bond donors (Lipinski definition) is 1. The van der Waals surface area contributed by atoms with Crippen molar-refractivity contribution in [1.82, 2.24) is 0 Å². The minimum Gasteiger partial charge on any atom is -0.322 e. The van der Waals surface area contributed by atoms with Gasteiger partial charge in [0.25, 0.3) is 0 Å². The van der Waals surface area contributed by atoms with Gasteiger partial charge in [0, 0.05) is 16.5 Å². The Hall–Kier alpha value is -2.20. The molecule has 1 amide bonds. The number of anilines is 1. The zero-order valence-electron chi connectivity index (χ0n) is 10.4. The molecule has 1 aromatic heterocycles. The summed E-state index contributed by atoms with van der Waals surface area (Å²) >= 11 is 1.56. The molecule has 0 aliphatic rings. The normalized spacial score (nSPS) is 10.6. The quantitative estimate of drug-likeness (QED) is 0.682. The van der Waals surface area contributed by atoms with E-state index in [1.54, 1.807) is 41.7 Å². The number of amides is 1. The van der Waals surface area contributed by atoms with Crippen LogP contribution in [0, 0.1) is 0 Å². The van der Waals surface area contributed by atoms with Crippen molar-refractivity contribution >= 4 is 34.8 Å². The van der Waals surface area contributed by atoms with Gasteiger partial charge in [-0.25, -0.2) is 0 Å². The average molecular weight is 271 g/mol. The second-order valence-electron chi connectivity index (χ2n) is 3.94. The lowest BCUT2D eigenvalue weighted by molar-refractivity contribution is -0.111. The molecule has 19 heavy (non-hydrogen) atoms. The molecule has 0 radical (unpaired) electrons. The number of ketones is 1. The second kappa shape index (κ2) is 6.11. The van der Waals surface area contributed by atoms with E-state index < -0.39 is 0 Å². The summed E-state index contributed by atoms with van der Waals surface area (Å²) in [5.41, 5.74) is 1.05. The Bertz CT molecular complexity index is 615. The highest BCUT2D eigenvalue weighted by molar-refractivity contribution is 7.10. The molecule has 0 spiro atoms. The number of thiophene rings is 1. The molecule has 0 aliphatic heterocycles. The number of benzene rings is 1. The third-order valence-electron chi connectivity index (χ3n) is 2.51. The van der Waals surface area contributed by atoms with Crippen LogP contribution in [0.25, 0.3) is 6.08 Å². The molecule has 1 aromatic carbocycles. The molecule has 0 unspecified atom stereocenters.